The first-order chi connectivity index (χ1) is 15.3. The highest BCUT2D eigenvalue weighted by Gasteiger charge is 2.35. The Balaban J connectivity index is 1.82. The summed E-state index contributed by atoms with van der Waals surface area (Å²) in [6.07, 6.45) is 0.727. The van der Waals surface area contributed by atoms with Gasteiger partial charge in [-0.05, 0) is 48.4 Å². The third-order valence-corrected chi connectivity index (χ3v) is 5.99. The lowest BCUT2D eigenvalue weighted by Crippen LogP contribution is -2.42. The van der Waals surface area contributed by atoms with Gasteiger partial charge in [0.2, 0.25) is 0 Å². The molecule has 1 aliphatic rings. The van der Waals surface area contributed by atoms with E-state index in [4.69, 9.17) is 28.2 Å². The molecule has 1 amide bonds. The van der Waals surface area contributed by atoms with Crippen LogP contribution < -0.4 is 4.90 Å². The summed E-state index contributed by atoms with van der Waals surface area (Å²) < 4.78 is 0. The molecule has 0 aliphatic carbocycles. The molecule has 1 N–H and O–H groups in total. The highest BCUT2D eigenvalue weighted by molar-refractivity contribution is 6.32. The number of carbonyl (C=O) groups is 1. The largest absolute Gasteiger partial charge is 0.386 e. The number of amides is 1. The van der Waals surface area contributed by atoms with Crippen molar-refractivity contribution in [3.05, 3.63) is 105 Å². The standard InChI is InChI=1S/C26H22Cl2N2O2/c1-16(14-17-8-10-19(27)11-9-17)25(31)24-26(32)30(2)22-13-12-20(28)15-21(22)23(29-24)18-6-4-3-5-7-18/h3-15,24-25,31H,1-2H3/b16-14+/t24-,25-/m1/s1. The number of halogens is 2. The van der Waals surface area contributed by atoms with Crippen molar-refractivity contribution in [2.45, 2.75) is 19.1 Å². The molecule has 0 spiro atoms. The van der Waals surface area contributed by atoms with Crippen LogP contribution in [0.3, 0.4) is 0 Å². The predicted octanol–water partition coefficient (Wildman–Crippen LogP) is 5.64. The molecule has 0 saturated carbocycles. The van der Waals surface area contributed by atoms with Crippen LogP contribution in [0.4, 0.5) is 5.69 Å². The molecule has 4 rings (SSSR count). The number of aliphatic hydroxyl groups is 1. The summed E-state index contributed by atoms with van der Waals surface area (Å²) in [5.74, 6) is -0.296. The zero-order valence-corrected chi connectivity index (χ0v) is 19.2. The maximum Gasteiger partial charge on any atom is 0.254 e. The Kier molecular flexibility index (Phi) is 6.47. The van der Waals surface area contributed by atoms with Gasteiger partial charge in [-0.25, -0.2) is 0 Å². The Hall–Kier alpha value is -2.92. The van der Waals surface area contributed by atoms with Gasteiger partial charge in [-0.2, -0.15) is 0 Å². The van der Waals surface area contributed by atoms with Crippen LogP contribution in [0.15, 0.2) is 83.4 Å². The average Bonchev–Trinajstić information content (AvgIpc) is 2.90. The number of benzene rings is 3. The first kappa shape index (κ1) is 22.3. The van der Waals surface area contributed by atoms with E-state index in [2.05, 4.69) is 0 Å². The first-order valence-corrected chi connectivity index (χ1v) is 10.9. The fourth-order valence-corrected chi connectivity index (χ4v) is 4.06. The molecule has 0 radical (unpaired) electrons. The Labute approximate surface area is 197 Å². The van der Waals surface area contributed by atoms with Gasteiger partial charge in [-0.1, -0.05) is 71.7 Å². The van der Waals surface area contributed by atoms with Crippen molar-refractivity contribution in [2.24, 2.45) is 4.99 Å². The van der Waals surface area contributed by atoms with Crippen LogP contribution >= 0.6 is 23.2 Å². The van der Waals surface area contributed by atoms with Crippen molar-refractivity contribution >= 4 is 46.6 Å². The van der Waals surface area contributed by atoms with Gasteiger partial charge in [-0.3, -0.25) is 9.79 Å². The molecule has 6 heteroatoms. The number of nitrogens with zero attached hydrogens (tertiary/aromatic N) is 2. The van der Waals surface area contributed by atoms with Gasteiger partial charge in [0.05, 0.1) is 11.4 Å². The number of fused-ring (bicyclic) bond motifs is 1. The first-order valence-electron chi connectivity index (χ1n) is 10.2. The zero-order chi connectivity index (χ0) is 22.8. The van der Waals surface area contributed by atoms with Crippen molar-refractivity contribution < 1.29 is 9.90 Å². The summed E-state index contributed by atoms with van der Waals surface area (Å²) in [5, 5.41) is 12.4. The summed E-state index contributed by atoms with van der Waals surface area (Å²) in [7, 11) is 1.69. The summed E-state index contributed by atoms with van der Waals surface area (Å²) >= 11 is 12.3. The van der Waals surface area contributed by atoms with E-state index in [0.29, 0.717) is 27.0 Å². The van der Waals surface area contributed by atoms with E-state index in [0.717, 1.165) is 16.7 Å². The lowest BCUT2D eigenvalue weighted by atomic mass is 9.99. The molecular weight excluding hydrogens is 443 g/mol. The Morgan fingerprint density at radius 2 is 1.69 bits per heavy atom. The van der Waals surface area contributed by atoms with E-state index in [1.807, 2.05) is 48.5 Å². The lowest BCUT2D eigenvalue weighted by Gasteiger charge is -2.24. The normalized spacial score (nSPS) is 17.5. The van der Waals surface area contributed by atoms with Gasteiger partial charge in [0.15, 0.2) is 6.04 Å². The van der Waals surface area contributed by atoms with E-state index < -0.39 is 12.1 Å². The van der Waals surface area contributed by atoms with Gasteiger partial charge in [0.1, 0.15) is 6.10 Å². The summed E-state index contributed by atoms with van der Waals surface area (Å²) in [6.45, 7) is 1.79. The van der Waals surface area contributed by atoms with Crippen LogP contribution in [-0.2, 0) is 4.79 Å². The Morgan fingerprint density at radius 1 is 1.03 bits per heavy atom. The number of hydrogen-bond acceptors (Lipinski definition) is 3. The van der Waals surface area contributed by atoms with Crippen LogP contribution in [0.25, 0.3) is 6.08 Å². The minimum Gasteiger partial charge on any atom is -0.386 e. The Bertz CT molecular complexity index is 1200. The van der Waals surface area contributed by atoms with Crippen molar-refractivity contribution in [3.8, 4) is 0 Å². The molecule has 0 bridgehead atoms. The van der Waals surface area contributed by atoms with Gasteiger partial charge in [0, 0.05) is 28.2 Å². The number of aliphatic imine (C=N–C) groups is 1. The van der Waals surface area contributed by atoms with Gasteiger partial charge in [-0.15, -0.1) is 0 Å². The summed E-state index contributed by atoms with van der Waals surface area (Å²) in [4.78, 5) is 19.7. The molecule has 0 unspecified atom stereocenters. The fraction of sp³-hybridized carbons (Fsp3) is 0.154. The van der Waals surface area contributed by atoms with Crippen molar-refractivity contribution in [3.63, 3.8) is 0 Å². The quantitative estimate of drug-likeness (QED) is 0.542. The van der Waals surface area contributed by atoms with E-state index in [9.17, 15) is 9.90 Å². The van der Waals surface area contributed by atoms with E-state index in [1.54, 1.807) is 44.3 Å². The van der Waals surface area contributed by atoms with Gasteiger partial charge in [0.25, 0.3) is 5.91 Å². The molecule has 1 aliphatic heterocycles. The molecule has 4 nitrogen and oxygen atoms in total. The third kappa shape index (κ3) is 4.49. The number of hydrogen-bond donors (Lipinski definition) is 1. The number of benzodiazepines with no additional fused rings is 1. The van der Waals surface area contributed by atoms with Crippen LogP contribution in [0, 0.1) is 0 Å². The number of carbonyl (C=O) groups excluding carboxylic acids is 1. The summed E-state index contributed by atoms with van der Waals surface area (Å²) in [5.41, 5.74) is 4.39. The molecule has 32 heavy (non-hydrogen) atoms. The molecule has 1 heterocycles. The van der Waals surface area contributed by atoms with Crippen LogP contribution in [0.2, 0.25) is 10.0 Å². The van der Waals surface area contributed by atoms with E-state index >= 15 is 0 Å². The maximum atomic E-state index is 13.4. The second kappa shape index (κ2) is 9.29. The van der Waals surface area contributed by atoms with Crippen molar-refractivity contribution in [1.29, 1.82) is 0 Å². The molecular formula is C26H22Cl2N2O2. The maximum absolute atomic E-state index is 13.4. The minimum absolute atomic E-state index is 0.296. The van der Waals surface area contributed by atoms with Crippen LogP contribution in [-0.4, -0.2) is 35.9 Å². The monoisotopic (exact) mass is 464 g/mol. The lowest BCUT2D eigenvalue weighted by molar-refractivity contribution is -0.121. The highest BCUT2D eigenvalue weighted by Crippen LogP contribution is 2.31. The number of rotatable bonds is 4. The molecule has 2 atom stereocenters. The SMILES string of the molecule is C/C(=C\c1ccc(Cl)cc1)[C@@H](O)[C@H]1N=C(c2ccccc2)c2cc(Cl)ccc2N(C)C1=O. The van der Waals surface area contributed by atoms with Gasteiger partial charge >= 0.3 is 0 Å². The van der Waals surface area contributed by atoms with Crippen molar-refractivity contribution in [2.75, 3.05) is 11.9 Å². The highest BCUT2D eigenvalue weighted by atomic mass is 35.5. The van der Waals surface area contributed by atoms with Gasteiger partial charge < -0.3 is 10.0 Å². The predicted molar refractivity (Wildman–Crippen MR) is 132 cm³/mol. The smallest absolute Gasteiger partial charge is 0.254 e. The molecule has 162 valence electrons. The second-order valence-corrected chi connectivity index (χ2v) is 8.60. The summed E-state index contributed by atoms with van der Waals surface area (Å²) in [6, 6.07) is 21.2. The van der Waals surface area contributed by atoms with E-state index in [-0.39, 0.29) is 5.91 Å². The third-order valence-electron chi connectivity index (χ3n) is 5.50. The molecule has 0 saturated heterocycles. The molecule has 3 aromatic carbocycles. The van der Waals surface area contributed by atoms with Crippen LogP contribution in [0.5, 0.6) is 0 Å². The van der Waals surface area contributed by atoms with E-state index in [1.165, 1.54) is 4.90 Å². The zero-order valence-electron chi connectivity index (χ0n) is 17.7. The Morgan fingerprint density at radius 3 is 2.38 bits per heavy atom. The molecule has 0 aromatic heterocycles. The van der Waals surface area contributed by atoms with Crippen molar-refractivity contribution in [1.82, 2.24) is 0 Å². The number of likely N-dealkylation sites (N-methyl/N-ethyl adjacent to an activating group) is 1. The van der Waals surface area contributed by atoms with Crippen LogP contribution in [0.1, 0.15) is 23.6 Å². The minimum atomic E-state index is -1.11. The number of anilines is 1. The average molecular weight is 465 g/mol. The second-order valence-electron chi connectivity index (χ2n) is 7.73. The molecule has 0 fully saturated rings. The topological polar surface area (TPSA) is 52.9 Å². The number of aliphatic hydroxyl groups excluding tert-OH is 1. The molecule has 3 aromatic rings. The fourth-order valence-electron chi connectivity index (χ4n) is 3.76.